The number of halogens is 4. The van der Waals surface area contributed by atoms with Gasteiger partial charge in [-0.15, -0.1) is 0 Å². The van der Waals surface area contributed by atoms with Gasteiger partial charge in [0.1, 0.15) is 11.6 Å². The van der Waals surface area contributed by atoms with Gasteiger partial charge in [-0.05, 0) is 66.6 Å². The quantitative estimate of drug-likeness (QED) is 0.255. The number of rotatable bonds is 10. The Hall–Kier alpha value is -4.40. The predicted molar refractivity (Wildman–Crippen MR) is 167 cm³/mol. The van der Waals surface area contributed by atoms with Gasteiger partial charge in [-0.25, -0.2) is 4.79 Å². The molecule has 0 spiro atoms. The Labute approximate surface area is 270 Å². The SMILES string of the molecule is COC(=O)c1ccc(Cl)c(-c2ccc(C(=O)N[C@@H](C[C@H](C)c3ccccc3)C(=O)NC3(C#N)CCN(CC(F)(F)F)CC3)cc2)c1. The third kappa shape index (κ3) is 8.86. The lowest BCUT2D eigenvalue weighted by Crippen LogP contribution is -2.59. The first kappa shape index (κ1) is 34.5. The number of nitrogens with one attached hydrogen (secondary N) is 2. The van der Waals surface area contributed by atoms with Crippen molar-refractivity contribution in [1.82, 2.24) is 15.5 Å². The third-order valence-corrected chi connectivity index (χ3v) is 8.44. The van der Waals surface area contributed by atoms with Crippen LogP contribution in [0, 0.1) is 11.3 Å². The largest absolute Gasteiger partial charge is 0.465 e. The van der Waals surface area contributed by atoms with Crippen molar-refractivity contribution in [2.45, 2.75) is 49.9 Å². The molecule has 2 atom stereocenters. The standard InChI is InChI=1S/C34H34ClF3N4O4/c1-22(23-6-4-3-5-7-23)18-29(31(44)41-33(20-39)14-16-42(17-15-33)21-34(36,37)38)40-30(43)25-10-8-24(9-11-25)27-19-26(32(45)46-2)12-13-28(27)35/h3-13,19,22,29H,14-18,21H2,1-2H3,(H,40,43)(H,41,44)/t22-,29-/m0/s1. The molecular formula is C34H34ClF3N4O4. The van der Waals surface area contributed by atoms with E-state index in [0.29, 0.717) is 21.7 Å². The van der Waals surface area contributed by atoms with Crippen LogP contribution in [0.3, 0.4) is 0 Å². The van der Waals surface area contributed by atoms with Gasteiger partial charge >= 0.3 is 12.1 Å². The number of nitrogens with zero attached hydrogens (tertiary/aromatic N) is 2. The summed E-state index contributed by atoms with van der Waals surface area (Å²) in [5, 5.41) is 15.9. The Morgan fingerprint density at radius 1 is 1.02 bits per heavy atom. The third-order valence-electron chi connectivity index (χ3n) is 8.11. The predicted octanol–water partition coefficient (Wildman–Crippen LogP) is 6.12. The van der Waals surface area contributed by atoms with Crippen LogP contribution < -0.4 is 10.6 Å². The molecule has 0 radical (unpaired) electrons. The van der Waals surface area contributed by atoms with E-state index in [9.17, 15) is 32.8 Å². The van der Waals surface area contributed by atoms with Gasteiger partial charge in [0.25, 0.3) is 5.91 Å². The van der Waals surface area contributed by atoms with E-state index in [2.05, 4.69) is 16.7 Å². The lowest BCUT2D eigenvalue weighted by Gasteiger charge is -2.38. The Morgan fingerprint density at radius 2 is 1.65 bits per heavy atom. The van der Waals surface area contributed by atoms with Crippen LogP contribution in [0.4, 0.5) is 13.2 Å². The maximum Gasteiger partial charge on any atom is 0.401 e. The van der Waals surface area contributed by atoms with Gasteiger partial charge in [0.2, 0.25) is 5.91 Å². The first-order chi connectivity index (χ1) is 21.8. The minimum Gasteiger partial charge on any atom is -0.465 e. The molecule has 242 valence electrons. The van der Waals surface area contributed by atoms with Crippen LogP contribution in [0.15, 0.2) is 72.8 Å². The number of benzene rings is 3. The molecule has 0 aliphatic carbocycles. The van der Waals surface area contributed by atoms with Crippen molar-refractivity contribution in [3.8, 4) is 17.2 Å². The van der Waals surface area contributed by atoms with Gasteiger partial charge in [0, 0.05) is 29.2 Å². The summed E-state index contributed by atoms with van der Waals surface area (Å²) in [6.45, 7) is 0.809. The van der Waals surface area contributed by atoms with Crippen molar-refractivity contribution in [1.29, 1.82) is 5.26 Å². The van der Waals surface area contributed by atoms with E-state index in [1.807, 2.05) is 37.3 Å². The molecule has 12 heteroatoms. The zero-order valence-electron chi connectivity index (χ0n) is 25.4. The van der Waals surface area contributed by atoms with E-state index in [1.54, 1.807) is 42.5 Å². The van der Waals surface area contributed by atoms with Crippen LogP contribution >= 0.6 is 11.6 Å². The summed E-state index contributed by atoms with van der Waals surface area (Å²) in [6.07, 6.45) is -4.13. The Balaban J connectivity index is 1.52. The number of esters is 1. The van der Waals surface area contributed by atoms with Gasteiger partial charge in [-0.1, -0.05) is 61.0 Å². The summed E-state index contributed by atoms with van der Waals surface area (Å²) in [5.74, 6) is -1.80. The number of carbonyl (C=O) groups is 3. The number of carbonyl (C=O) groups excluding carboxylic acids is 3. The molecule has 4 rings (SSSR count). The van der Waals surface area contributed by atoms with Gasteiger partial charge in [-0.2, -0.15) is 18.4 Å². The molecule has 3 aromatic carbocycles. The molecule has 8 nitrogen and oxygen atoms in total. The lowest BCUT2D eigenvalue weighted by atomic mass is 9.87. The fraction of sp³-hybridized carbons (Fsp3) is 0.353. The second kappa shape index (κ2) is 14.8. The number of amides is 2. The van der Waals surface area contributed by atoms with Crippen molar-refractivity contribution >= 4 is 29.4 Å². The lowest BCUT2D eigenvalue weighted by molar-refractivity contribution is -0.149. The summed E-state index contributed by atoms with van der Waals surface area (Å²) in [7, 11) is 1.28. The maximum absolute atomic E-state index is 13.7. The fourth-order valence-corrected chi connectivity index (χ4v) is 5.70. The molecule has 2 amide bonds. The smallest absolute Gasteiger partial charge is 0.401 e. The van der Waals surface area contributed by atoms with E-state index in [4.69, 9.17) is 16.3 Å². The zero-order chi connectivity index (χ0) is 33.5. The number of piperidine rings is 1. The van der Waals surface area contributed by atoms with E-state index < -0.39 is 42.1 Å². The van der Waals surface area contributed by atoms with E-state index in [0.717, 1.165) is 5.56 Å². The molecule has 2 N–H and O–H groups in total. The fourth-order valence-electron chi connectivity index (χ4n) is 5.47. The number of methoxy groups -OCH3 is 1. The van der Waals surface area contributed by atoms with Crippen LogP contribution in [-0.4, -0.2) is 67.2 Å². The van der Waals surface area contributed by atoms with Crippen molar-refractivity contribution < 1.29 is 32.3 Å². The number of hydrogen-bond donors (Lipinski definition) is 2. The average Bonchev–Trinajstić information content (AvgIpc) is 3.05. The first-order valence-electron chi connectivity index (χ1n) is 14.7. The minimum absolute atomic E-state index is 0.0102. The molecule has 1 saturated heterocycles. The zero-order valence-corrected chi connectivity index (χ0v) is 26.1. The second-order valence-electron chi connectivity index (χ2n) is 11.4. The average molecular weight is 655 g/mol. The molecule has 3 aromatic rings. The molecule has 0 aromatic heterocycles. The minimum atomic E-state index is -4.36. The number of likely N-dealkylation sites (tertiary alicyclic amines) is 1. The summed E-state index contributed by atoms with van der Waals surface area (Å²) in [5.41, 5.74) is 1.36. The Morgan fingerprint density at radius 3 is 2.24 bits per heavy atom. The topological polar surface area (TPSA) is 112 Å². The van der Waals surface area contributed by atoms with Crippen molar-refractivity contribution in [3.05, 3.63) is 94.5 Å². The monoisotopic (exact) mass is 654 g/mol. The molecule has 1 aliphatic rings. The van der Waals surface area contributed by atoms with Gasteiger partial charge in [0.15, 0.2) is 0 Å². The first-order valence-corrected chi connectivity index (χ1v) is 15.1. The van der Waals surface area contributed by atoms with Crippen LogP contribution in [-0.2, 0) is 9.53 Å². The highest BCUT2D eigenvalue weighted by Gasteiger charge is 2.41. The van der Waals surface area contributed by atoms with E-state index >= 15 is 0 Å². The van der Waals surface area contributed by atoms with Crippen LogP contribution in [0.1, 0.15) is 58.4 Å². The number of alkyl halides is 3. The molecule has 1 fully saturated rings. The number of ether oxygens (including phenoxy) is 1. The molecule has 0 bridgehead atoms. The highest BCUT2D eigenvalue weighted by molar-refractivity contribution is 6.33. The maximum atomic E-state index is 13.7. The summed E-state index contributed by atoms with van der Waals surface area (Å²) in [4.78, 5) is 40.3. The Bertz CT molecular complexity index is 1580. The van der Waals surface area contributed by atoms with Crippen LogP contribution in [0.25, 0.3) is 11.1 Å². The van der Waals surface area contributed by atoms with Gasteiger partial charge < -0.3 is 15.4 Å². The molecule has 1 heterocycles. The van der Waals surface area contributed by atoms with Crippen molar-refractivity contribution in [2.24, 2.45) is 0 Å². The molecule has 0 unspecified atom stereocenters. The highest BCUT2D eigenvalue weighted by Crippen LogP contribution is 2.30. The highest BCUT2D eigenvalue weighted by atomic mass is 35.5. The molecular weight excluding hydrogens is 621 g/mol. The molecule has 46 heavy (non-hydrogen) atoms. The summed E-state index contributed by atoms with van der Waals surface area (Å²) < 4.78 is 43.5. The summed E-state index contributed by atoms with van der Waals surface area (Å²) in [6, 6.07) is 21.7. The van der Waals surface area contributed by atoms with E-state index in [1.165, 1.54) is 12.0 Å². The molecule has 0 saturated carbocycles. The van der Waals surface area contributed by atoms with Crippen LogP contribution in [0.2, 0.25) is 5.02 Å². The summed E-state index contributed by atoms with van der Waals surface area (Å²) >= 11 is 6.37. The second-order valence-corrected chi connectivity index (χ2v) is 11.8. The Kier molecular flexibility index (Phi) is 11.1. The van der Waals surface area contributed by atoms with Crippen molar-refractivity contribution in [2.75, 3.05) is 26.7 Å². The van der Waals surface area contributed by atoms with Crippen molar-refractivity contribution in [3.63, 3.8) is 0 Å². The van der Waals surface area contributed by atoms with E-state index in [-0.39, 0.29) is 43.8 Å². The normalized spacial score (nSPS) is 16.0. The van der Waals surface area contributed by atoms with Crippen LogP contribution in [0.5, 0.6) is 0 Å². The number of hydrogen-bond acceptors (Lipinski definition) is 6. The molecule has 1 aliphatic heterocycles. The number of nitriles is 1. The van der Waals surface area contributed by atoms with Gasteiger partial charge in [-0.3, -0.25) is 14.5 Å². The van der Waals surface area contributed by atoms with Gasteiger partial charge in [0.05, 0.1) is 25.3 Å².